The van der Waals surface area contributed by atoms with Crippen LogP contribution >= 0.6 is 0 Å². The minimum absolute atomic E-state index is 0.178. The van der Waals surface area contributed by atoms with Gasteiger partial charge >= 0.3 is 0 Å². The van der Waals surface area contributed by atoms with E-state index in [2.05, 4.69) is 37.1 Å². The molecule has 3 unspecified atom stereocenters. The third-order valence-corrected chi connectivity index (χ3v) is 5.84. The molecule has 0 N–H and O–H groups in total. The fourth-order valence-electron chi connectivity index (χ4n) is 3.74. The molecule has 150 valence electrons. The Morgan fingerprint density at radius 1 is 1.11 bits per heavy atom. The number of likely N-dealkylation sites (N-methyl/N-ethyl adjacent to an activating group) is 1. The second-order valence-electron chi connectivity index (χ2n) is 8.17. The molecule has 3 heterocycles. The molecule has 3 aliphatic rings. The zero-order valence-electron chi connectivity index (χ0n) is 16.7. The standard InChI is InChI=1S/C22H33NO4/c1-3-4-5-6-7-8-17-11-18(24-14-20-15-26-20)9-10-21(17)23(2)22(16-27-22)12-19-13-25-19/h9-11,19-20H,3-8,12-16H2,1-2H3. The second-order valence-corrected chi connectivity index (χ2v) is 8.17. The molecule has 27 heavy (non-hydrogen) atoms. The van der Waals surface area contributed by atoms with Crippen molar-refractivity contribution in [2.24, 2.45) is 0 Å². The summed E-state index contributed by atoms with van der Waals surface area (Å²) in [6.45, 7) is 5.40. The van der Waals surface area contributed by atoms with E-state index < -0.39 is 0 Å². The predicted molar refractivity (Wildman–Crippen MR) is 106 cm³/mol. The van der Waals surface area contributed by atoms with Crippen LogP contribution in [0, 0.1) is 0 Å². The van der Waals surface area contributed by atoms with E-state index >= 15 is 0 Å². The van der Waals surface area contributed by atoms with Gasteiger partial charge in [-0.1, -0.05) is 32.6 Å². The van der Waals surface area contributed by atoms with Crippen LogP contribution in [0.1, 0.15) is 51.0 Å². The largest absolute Gasteiger partial charge is 0.491 e. The smallest absolute Gasteiger partial charge is 0.167 e. The van der Waals surface area contributed by atoms with Gasteiger partial charge in [-0.05, 0) is 36.6 Å². The fraction of sp³-hybridized carbons (Fsp3) is 0.727. The van der Waals surface area contributed by atoms with Crippen LogP contribution in [0.15, 0.2) is 18.2 Å². The van der Waals surface area contributed by atoms with Crippen molar-refractivity contribution in [1.29, 1.82) is 0 Å². The summed E-state index contributed by atoms with van der Waals surface area (Å²) in [7, 11) is 2.16. The maximum atomic E-state index is 5.93. The van der Waals surface area contributed by atoms with Crippen LogP contribution in [0.3, 0.4) is 0 Å². The molecule has 0 aromatic heterocycles. The molecule has 1 aromatic carbocycles. The summed E-state index contributed by atoms with van der Waals surface area (Å²) in [6, 6.07) is 6.50. The van der Waals surface area contributed by atoms with Gasteiger partial charge in [0, 0.05) is 19.2 Å². The van der Waals surface area contributed by atoms with Crippen LogP contribution in [0.5, 0.6) is 5.75 Å². The minimum atomic E-state index is -0.178. The first-order valence-corrected chi connectivity index (χ1v) is 10.6. The van der Waals surface area contributed by atoms with E-state index in [-0.39, 0.29) is 11.8 Å². The van der Waals surface area contributed by atoms with Gasteiger partial charge in [0.2, 0.25) is 0 Å². The van der Waals surface area contributed by atoms with Crippen LogP contribution < -0.4 is 9.64 Å². The Balaban J connectivity index is 1.43. The topological polar surface area (TPSA) is 50.1 Å². The summed E-state index contributed by atoms with van der Waals surface area (Å²) in [5.74, 6) is 0.947. The first kappa shape index (κ1) is 19.0. The zero-order chi connectivity index (χ0) is 18.7. The number of hydrogen-bond acceptors (Lipinski definition) is 5. The summed E-state index contributed by atoms with van der Waals surface area (Å²) in [6.07, 6.45) is 9.13. The summed E-state index contributed by atoms with van der Waals surface area (Å²) < 4.78 is 22.5. The van der Waals surface area contributed by atoms with E-state index in [1.165, 1.54) is 43.4 Å². The Kier molecular flexibility index (Phi) is 5.90. The normalized spacial score (nSPS) is 28.1. The summed E-state index contributed by atoms with van der Waals surface area (Å²) >= 11 is 0. The Labute approximate surface area is 162 Å². The van der Waals surface area contributed by atoms with Crippen molar-refractivity contribution in [3.05, 3.63) is 23.8 Å². The molecular weight excluding hydrogens is 342 g/mol. The van der Waals surface area contributed by atoms with E-state index in [9.17, 15) is 0 Å². The predicted octanol–water partition coefficient (Wildman–Crippen LogP) is 3.93. The molecule has 4 rings (SSSR count). The lowest BCUT2D eigenvalue weighted by atomic mass is 10.0. The van der Waals surface area contributed by atoms with E-state index in [0.717, 1.165) is 38.4 Å². The summed E-state index contributed by atoms with van der Waals surface area (Å²) in [5, 5.41) is 0. The van der Waals surface area contributed by atoms with Crippen LogP contribution in [-0.2, 0) is 20.6 Å². The van der Waals surface area contributed by atoms with Crippen molar-refractivity contribution in [2.45, 2.75) is 69.8 Å². The van der Waals surface area contributed by atoms with Crippen LogP contribution in [0.2, 0.25) is 0 Å². The maximum Gasteiger partial charge on any atom is 0.167 e. The molecule has 0 radical (unpaired) electrons. The maximum absolute atomic E-state index is 5.93. The van der Waals surface area contributed by atoms with E-state index in [4.69, 9.17) is 18.9 Å². The van der Waals surface area contributed by atoms with E-state index in [1.807, 2.05) is 0 Å². The third-order valence-electron chi connectivity index (χ3n) is 5.84. The lowest BCUT2D eigenvalue weighted by Gasteiger charge is -2.29. The molecule has 0 amide bonds. The zero-order valence-corrected chi connectivity index (χ0v) is 16.7. The van der Waals surface area contributed by atoms with Gasteiger partial charge in [-0.25, -0.2) is 0 Å². The van der Waals surface area contributed by atoms with Crippen molar-refractivity contribution >= 4 is 5.69 Å². The van der Waals surface area contributed by atoms with E-state index in [1.54, 1.807) is 0 Å². The Bertz CT molecular complexity index is 623. The van der Waals surface area contributed by atoms with Gasteiger partial charge in [0.1, 0.15) is 18.5 Å². The highest BCUT2D eigenvalue weighted by Crippen LogP contribution is 2.42. The summed E-state index contributed by atoms with van der Waals surface area (Å²) in [4.78, 5) is 2.32. The molecule has 5 nitrogen and oxygen atoms in total. The van der Waals surface area contributed by atoms with Gasteiger partial charge in [-0.15, -0.1) is 0 Å². The first-order valence-electron chi connectivity index (χ1n) is 10.6. The quantitative estimate of drug-likeness (QED) is 0.386. The van der Waals surface area contributed by atoms with Crippen LogP contribution in [-0.4, -0.2) is 51.4 Å². The highest BCUT2D eigenvalue weighted by molar-refractivity contribution is 5.58. The monoisotopic (exact) mass is 375 g/mol. The molecule has 0 bridgehead atoms. The number of nitrogens with zero attached hydrogens (tertiary/aromatic N) is 1. The van der Waals surface area contributed by atoms with E-state index in [0.29, 0.717) is 12.7 Å². The molecule has 3 saturated heterocycles. The average Bonchev–Trinajstić information content (AvgIpc) is 3.53. The van der Waals surface area contributed by atoms with Crippen molar-refractivity contribution in [3.8, 4) is 5.75 Å². The highest BCUT2D eigenvalue weighted by Gasteiger charge is 2.52. The van der Waals surface area contributed by atoms with Crippen molar-refractivity contribution in [2.75, 3.05) is 38.4 Å². The first-order chi connectivity index (χ1) is 13.2. The minimum Gasteiger partial charge on any atom is -0.491 e. The lowest BCUT2D eigenvalue weighted by molar-refractivity contribution is 0.257. The highest BCUT2D eigenvalue weighted by atomic mass is 16.6. The second kappa shape index (κ2) is 8.38. The number of ether oxygens (including phenoxy) is 4. The van der Waals surface area contributed by atoms with Gasteiger partial charge in [0.25, 0.3) is 0 Å². The van der Waals surface area contributed by atoms with Crippen molar-refractivity contribution < 1.29 is 18.9 Å². The van der Waals surface area contributed by atoms with Gasteiger partial charge < -0.3 is 23.8 Å². The molecular formula is C22H33NO4. The van der Waals surface area contributed by atoms with Gasteiger partial charge in [-0.3, -0.25) is 0 Å². The van der Waals surface area contributed by atoms with Crippen molar-refractivity contribution in [1.82, 2.24) is 0 Å². The molecule has 0 aliphatic carbocycles. The average molecular weight is 376 g/mol. The third kappa shape index (κ3) is 5.15. The number of aryl methyl sites for hydroxylation is 1. The number of rotatable bonds is 13. The van der Waals surface area contributed by atoms with Gasteiger partial charge in [0.15, 0.2) is 5.72 Å². The van der Waals surface area contributed by atoms with Crippen molar-refractivity contribution in [3.63, 3.8) is 0 Å². The molecule has 1 aromatic rings. The Morgan fingerprint density at radius 2 is 1.85 bits per heavy atom. The van der Waals surface area contributed by atoms with Gasteiger partial charge in [-0.2, -0.15) is 0 Å². The number of epoxide rings is 3. The Morgan fingerprint density at radius 3 is 2.52 bits per heavy atom. The summed E-state index contributed by atoms with van der Waals surface area (Å²) in [5.41, 5.74) is 2.44. The van der Waals surface area contributed by atoms with Crippen LogP contribution in [0.4, 0.5) is 5.69 Å². The molecule has 0 spiro atoms. The SMILES string of the molecule is CCCCCCCc1cc(OCC2CO2)ccc1N(C)C1(CC2CO2)CO1. The number of unbranched alkanes of at least 4 members (excludes halogenated alkanes) is 4. The molecule has 0 saturated carbocycles. The number of anilines is 1. The number of hydrogen-bond donors (Lipinski definition) is 0. The molecule has 5 heteroatoms. The molecule has 3 fully saturated rings. The molecule has 3 aliphatic heterocycles. The molecule has 3 atom stereocenters. The lowest BCUT2D eigenvalue weighted by Crippen LogP contribution is -2.37. The number of benzene rings is 1. The fourth-order valence-corrected chi connectivity index (χ4v) is 3.74. The van der Waals surface area contributed by atoms with Crippen LogP contribution in [0.25, 0.3) is 0 Å². The Hall–Kier alpha value is -1.30. The van der Waals surface area contributed by atoms with Gasteiger partial charge in [0.05, 0.1) is 25.9 Å².